The van der Waals surface area contributed by atoms with Crippen LogP contribution >= 0.6 is 0 Å². The van der Waals surface area contributed by atoms with Gasteiger partial charge >= 0.3 is 0 Å². The van der Waals surface area contributed by atoms with Gasteiger partial charge in [0.25, 0.3) is 0 Å². The van der Waals surface area contributed by atoms with Crippen LogP contribution in [0, 0.1) is 5.82 Å². The standard InChI is InChI=1S/C12H16FNO2/c1-3-5-9(14)12(15)8-6-4-7-10(16-2)11(8)13/h4,6-7,9H,3,5,14H2,1-2H3. The number of hydrogen-bond acceptors (Lipinski definition) is 3. The molecule has 0 bridgehead atoms. The quantitative estimate of drug-likeness (QED) is 0.781. The number of halogens is 1. The van der Waals surface area contributed by atoms with Gasteiger partial charge in [-0.15, -0.1) is 0 Å². The van der Waals surface area contributed by atoms with Crippen LogP contribution in [0.2, 0.25) is 0 Å². The molecule has 0 spiro atoms. The van der Waals surface area contributed by atoms with Crippen LogP contribution in [0.1, 0.15) is 30.1 Å². The number of benzene rings is 1. The van der Waals surface area contributed by atoms with Crippen LogP contribution in [-0.4, -0.2) is 18.9 Å². The number of carbonyl (C=O) groups is 1. The molecule has 88 valence electrons. The fraction of sp³-hybridized carbons (Fsp3) is 0.417. The summed E-state index contributed by atoms with van der Waals surface area (Å²) in [5, 5.41) is 0. The number of rotatable bonds is 5. The highest BCUT2D eigenvalue weighted by Gasteiger charge is 2.20. The van der Waals surface area contributed by atoms with E-state index < -0.39 is 11.9 Å². The van der Waals surface area contributed by atoms with Gasteiger partial charge in [0.2, 0.25) is 0 Å². The molecule has 0 amide bonds. The first-order valence-electron chi connectivity index (χ1n) is 5.24. The van der Waals surface area contributed by atoms with E-state index in [0.717, 1.165) is 6.42 Å². The van der Waals surface area contributed by atoms with Crippen LogP contribution in [0.4, 0.5) is 4.39 Å². The van der Waals surface area contributed by atoms with E-state index in [-0.39, 0.29) is 17.1 Å². The van der Waals surface area contributed by atoms with Crippen molar-refractivity contribution in [1.29, 1.82) is 0 Å². The fourth-order valence-corrected chi connectivity index (χ4v) is 1.50. The number of ketones is 1. The molecule has 1 rings (SSSR count). The normalized spacial score (nSPS) is 12.2. The molecule has 2 N–H and O–H groups in total. The van der Waals surface area contributed by atoms with Crippen LogP contribution < -0.4 is 10.5 Å². The average Bonchev–Trinajstić information content (AvgIpc) is 2.29. The van der Waals surface area contributed by atoms with Crippen molar-refractivity contribution in [2.45, 2.75) is 25.8 Å². The summed E-state index contributed by atoms with van der Waals surface area (Å²) in [6, 6.07) is 3.83. The number of nitrogens with two attached hydrogens (primary N) is 1. The largest absolute Gasteiger partial charge is 0.494 e. The second kappa shape index (κ2) is 5.61. The van der Waals surface area contributed by atoms with E-state index in [1.54, 1.807) is 6.07 Å². The first-order valence-corrected chi connectivity index (χ1v) is 5.24. The molecule has 1 aromatic rings. The van der Waals surface area contributed by atoms with E-state index in [2.05, 4.69) is 0 Å². The summed E-state index contributed by atoms with van der Waals surface area (Å²) in [7, 11) is 1.36. The number of methoxy groups -OCH3 is 1. The van der Waals surface area contributed by atoms with Crippen LogP contribution in [0.3, 0.4) is 0 Å². The molecule has 16 heavy (non-hydrogen) atoms. The summed E-state index contributed by atoms with van der Waals surface area (Å²) in [5.74, 6) is -0.950. The Labute approximate surface area is 94.4 Å². The molecule has 4 heteroatoms. The summed E-state index contributed by atoms with van der Waals surface area (Å²) < 4.78 is 18.5. The Morgan fingerprint density at radius 3 is 2.81 bits per heavy atom. The van der Waals surface area contributed by atoms with Crippen molar-refractivity contribution >= 4 is 5.78 Å². The lowest BCUT2D eigenvalue weighted by Gasteiger charge is -2.11. The highest BCUT2D eigenvalue weighted by molar-refractivity contribution is 6.00. The van der Waals surface area contributed by atoms with E-state index in [4.69, 9.17) is 10.5 Å². The maximum atomic E-state index is 13.7. The van der Waals surface area contributed by atoms with Crippen LogP contribution in [0.15, 0.2) is 18.2 Å². The van der Waals surface area contributed by atoms with Crippen LogP contribution in [0.5, 0.6) is 5.75 Å². The topological polar surface area (TPSA) is 52.3 Å². The van der Waals surface area contributed by atoms with Crippen molar-refractivity contribution in [2.75, 3.05) is 7.11 Å². The Bertz CT molecular complexity index is 379. The van der Waals surface area contributed by atoms with E-state index in [1.807, 2.05) is 6.92 Å². The summed E-state index contributed by atoms with van der Waals surface area (Å²) in [6.45, 7) is 1.93. The maximum absolute atomic E-state index is 13.7. The van der Waals surface area contributed by atoms with E-state index in [0.29, 0.717) is 6.42 Å². The molecule has 0 aliphatic heterocycles. The monoisotopic (exact) mass is 225 g/mol. The lowest BCUT2D eigenvalue weighted by atomic mass is 10.0. The van der Waals surface area contributed by atoms with Gasteiger partial charge in [-0.2, -0.15) is 0 Å². The summed E-state index contributed by atoms with van der Waals surface area (Å²) in [5.41, 5.74) is 5.66. The molecule has 0 heterocycles. The zero-order chi connectivity index (χ0) is 12.1. The summed E-state index contributed by atoms with van der Waals surface area (Å²) >= 11 is 0. The van der Waals surface area contributed by atoms with Crippen molar-refractivity contribution in [1.82, 2.24) is 0 Å². The van der Waals surface area contributed by atoms with Gasteiger partial charge in [-0.05, 0) is 18.6 Å². The van der Waals surface area contributed by atoms with E-state index in [9.17, 15) is 9.18 Å². The SMILES string of the molecule is CCCC(N)C(=O)c1cccc(OC)c1F. The van der Waals surface area contributed by atoms with Crippen LogP contribution in [-0.2, 0) is 0 Å². The maximum Gasteiger partial charge on any atom is 0.182 e. The predicted octanol–water partition coefficient (Wildman–Crippen LogP) is 2.14. The Morgan fingerprint density at radius 2 is 2.25 bits per heavy atom. The molecule has 0 aromatic heterocycles. The van der Waals surface area contributed by atoms with Gasteiger partial charge in [0, 0.05) is 0 Å². The van der Waals surface area contributed by atoms with E-state index >= 15 is 0 Å². The average molecular weight is 225 g/mol. The number of hydrogen-bond donors (Lipinski definition) is 1. The molecule has 1 aromatic carbocycles. The smallest absolute Gasteiger partial charge is 0.182 e. The van der Waals surface area contributed by atoms with Gasteiger partial charge < -0.3 is 10.5 Å². The van der Waals surface area contributed by atoms with E-state index in [1.165, 1.54) is 19.2 Å². The van der Waals surface area contributed by atoms with Crippen LogP contribution in [0.25, 0.3) is 0 Å². The first kappa shape index (κ1) is 12.6. The highest BCUT2D eigenvalue weighted by Crippen LogP contribution is 2.21. The highest BCUT2D eigenvalue weighted by atomic mass is 19.1. The molecular weight excluding hydrogens is 209 g/mol. The van der Waals surface area contributed by atoms with Gasteiger partial charge in [0.1, 0.15) is 0 Å². The fourth-order valence-electron chi connectivity index (χ4n) is 1.50. The minimum Gasteiger partial charge on any atom is -0.494 e. The summed E-state index contributed by atoms with van der Waals surface area (Å²) in [4.78, 5) is 11.8. The van der Waals surface area contributed by atoms with Crippen molar-refractivity contribution in [3.63, 3.8) is 0 Å². The molecule has 0 fully saturated rings. The van der Waals surface area contributed by atoms with Gasteiger partial charge in [0.15, 0.2) is 17.3 Å². The second-order valence-electron chi connectivity index (χ2n) is 3.58. The predicted molar refractivity (Wildman–Crippen MR) is 60.2 cm³/mol. The molecule has 1 unspecified atom stereocenters. The van der Waals surface area contributed by atoms with Crippen molar-refractivity contribution in [3.8, 4) is 5.75 Å². The molecule has 0 radical (unpaired) electrons. The number of ether oxygens (including phenoxy) is 1. The minimum absolute atomic E-state index is 0.000278. The first-order chi connectivity index (χ1) is 7.61. The Kier molecular flexibility index (Phi) is 4.43. The molecule has 1 atom stereocenters. The van der Waals surface area contributed by atoms with Gasteiger partial charge in [-0.25, -0.2) is 4.39 Å². The summed E-state index contributed by atoms with van der Waals surface area (Å²) in [6.07, 6.45) is 1.34. The molecule has 0 aliphatic rings. The third kappa shape index (κ3) is 2.58. The number of carbonyl (C=O) groups excluding carboxylic acids is 1. The van der Waals surface area contributed by atoms with Gasteiger partial charge in [-0.3, -0.25) is 4.79 Å². The molecule has 0 aliphatic carbocycles. The number of Topliss-reactive ketones (excluding diaryl/α,β-unsaturated/α-hetero) is 1. The van der Waals surface area contributed by atoms with Gasteiger partial charge in [0.05, 0.1) is 18.7 Å². The molecule has 3 nitrogen and oxygen atoms in total. The molecule has 0 saturated heterocycles. The third-order valence-electron chi connectivity index (χ3n) is 2.39. The lowest BCUT2D eigenvalue weighted by molar-refractivity contribution is 0.0952. The zero-order valence-corrected chi connectivity index (χ0v) is 9.50. The van der Waals surface area contributed by atoms with Crippen molar-refractivity contribution in [2.24, 2.45) is 5.73 Å². The van der Waals surface area contributed by atoms with Gasteiger partial charge in [-0.1, -0.05) is 19.4 Å². The minimum atomic E-state index is -0.647. The van der Waals surface area contributed by atoms with Crippen molar-refractivity contribution < 1.29 is 13.9 Å². The third-order valence-corrected chi connectivity index (χ3v) is 2.39. The Balaban J connectivity index is 2.99. The lowest BCUT2D eigenvalue weighted by Crippen LogP contribution is -2.30. The Hall–Kier alpha value is -1.42. The Morgan fingerprint density at radius 1 is 1.56 bits per heavy atom. The molecule has 0 saturated carbocycles. The second-order valence-corrected chi connectivity index (χ2v) is 3.58. The zero-order valence-electron chi connectivity index (χ0n) is 9.50. The van der Waals surface area contributed by atoms with Crippen molar-refractivity contribution in [3.05, 3.63) is 29.6 Å². The molecular formula is C12H16FNO2.